The molecule has 1 aliphatic rings. The largest absolute Gasteiger partial charge is 0.495 e. The van der Waals surface area contributed by atoms with Gasteiger partial charge in [0, 0.05) is 12.8 Å². The van der Waals surface area contributed by atoms with E-state index in [1.807, 2.05) is 0 Å². The Bertz CT molecular complexity index is 798. The summed E-state index contributed by atoms with van der Waals surface area (Å²) in [5, 5.41) is 0.178. The molecule has 1 saturated carbocycles. The Kier molecular flexibility index (Phi) is 4.51. The minimum absolute atomic E-state index is 0.0163. The first-order chi connectivity index (χ1) is 10.0. The number of aryl methyl sites for hydroxylation is 1. The molecule has 0 aromatic heterocycles. The zero-order valence-corrected chi connectivity index (χ0v) is 14.9. The zero-order chi connectivity index (χ0) is 16.8. The molecule has 0 atom stereocenters. The van der Waals surface area contributed by atoms with Gasteiger partial charge in [0.15, 0.2) is 9.84 Å². The molecule has 0 unspecified atom stereocenters. The van der Waals surface area contributed by atoms with E-state index in [0.717, 1.165) is 6.26 Å². The van der Waals surface area contributed by atoms with Crippen LogP contribution in [-0.4, -0.2) is 41.5 Å². The first kappa shape index (κ1) is 17.5. The number of ether oxygens (including phenoxy) is 1. The van der Waals surface area contributed by atoms with Crippen molar-refractivity contribution in [2.24, 2.45) is 0 Å². The van der Waals surface area contributed by atoms with Crippen LogP contribution in [0.25, 0.3) is 0 Å². The lowest BCUT2D eigenvalue weighted by molar-refractivity contribution is 0.414. The molecule has 1 aromatic carbocycles. The third-order valence-corrected chi connectivity index (χ3v) is 7.88. The lowest BCUT2D eigenvalue weighted by Crippen LogP contribution is -2.38. The number of hydrogen-bond donors (Lipinski definition) is 1. The van der Waals surface area contributed by atoms with Gasteiger partial charge in [0.2, 0.25) is 10.0 Å². The van der Waals surface area contributed by atoms with E-state index in [4.69, 9.17) is 16.3 Å². The predicted octanol–water partition coefficient (Wildman–Crippen LogP) is 1.51. The lowest BCUT2D eigenvalue weighted by Gasteiger charge is -2.16. The molecule has 9 heteroatoms. The van der Waals surface area contributed by atoms with E-state index < -0.39 is 24.6 Å². The molecule has 1 aromatic rings. The average molecular weight is 368 g/mol. The van der Waals surface area contributed by atoms with Crippen LogP contribution in [0.15, 0.2) is 17.0 Å². The van der Waals surface area contributed by atoms with Gasteiger partial charge in [0.05, 0.1) is 21.8 Å². The van der Waals surface area contributed by atoms with E-state index in [9.17, 15) is 16.8 Å². The number of halogens is 1. The first-order valence-electron chi connectivity index (χ1n) is 6.56. The molecular weight excluding hydrogens is 350 g/mol. The van der Waals surface area contributed by atoms with Crippen molar-refractivity contribution in [1.29, 1.82) is 0 Å². The highest BCUT2D eigenvalue weighted by Crippen LogP contribution is 2.42. The van der Waals surface area contributed by atoms with Crippen molar-refractivity contribution in [3.63, 3.8) is 0 Å². The molecule has 1 fully saturated rings. The standard InChI is InChI=1S/C13H18ClNO5S2/c1-9-6-11(20-2)10(14)7-12(9)22(18,19)15-8-13(4-5-13)21(3,16)17/h6-7,15H,4-5,8H2,1-3H3. The van der Waals surface area contributed by atoms with Crippen LogP contribution >= 0.6 is 11.6 Å². The fourth-order valence-electron chi connectivity index (χ4n) is 2.21. The third-order valence-electron chi connectivity index (χ3n) is 3.92. The average Bonchev–Trinajstić information content (AvgIpc) is 3.19. The maximum absolute atomic E-state index is 12.4. The van der Waals surface area contributed by atoms with Crippen LogP contribution in [0, 0.1) is 6.92 Å². The third kappa shape index (κ3) is 3.24. The fourth-order valence-corrected chi connectivity index (χ4v) is 5.16. The van der Waals surface area contributed by atoms with E-state index in [1.54, 1.807) is 6.92 Å². The number of methoxy groups -OCH3 is 1. The lowest BCUT2D eigenvalue weighted by atomic mass is 10.2. The number of sulfonamides is 1. The molecule has 6 nitrogen and oxygen atoms in total. The van der Waals surface area contributed by atoms with Crippen LogP contribution in [0.5, 0.6) is 5.75 Å². The van der Waals surface area contributed by atoms with Gasteiger partial charge < -0.3 is 4.74 Å². The highest BCUT2D eigenvalue weighted by atomic mass is 35.5. The van der Waals surface area contributed by atoms with Crippen LogP contribution in [0.2, 0.25) is 5.02 Å². The highest BCUT2D eigenvalue weighted by molar-refractivity contribution is 7.92. The van der Waals surface area contributed by atoms with E-state index in [2.05, 4.69) is 4.72 Å². The van der Waals surface area contributed by atoms with E-state index in [1.165, 1.54) is 19.2 Å². The zero-order valence-electron chi connectivity index (χ0n) is 12.5. The second kappa shape index (κ2) is 5.67. The number of rotatable bonds is 6. The predicted molar refractivity (Wildman–Crippen MR) is 84.7 cm³/mol. The Morgan fingerprint density at radius 3 is 2.32 bits per heavy atom. The highest BCUT2D eigenvalue weighted by Gasteiger charge is 2.52. The van der Waals surface area contributed by atoms with Crippen LogP contribution < -0.4 is 9.46 Å². The summed E-state index contributed by atoms with van der Waals surface area (Å²) in [6.45, 7) is 1.49. The van der Waals surface area contributed by atoms with Crippen LogP contribution in [0.3, 0.4) is 0 Å². The second-order valence-corrected chi connectivity index (χ2v) is 10.1. The molecule has 0 heterocycles. The normalized spacial score (nSPS) is 17.3. The number of benzene rings is 1. The summed E-state index contributed by atoms with van der Waals surface area (Å²) in [4.78, 5) is 0.0163. The fraction of sp³-hybridized carbons (Fsp3) is 0.538. The smallest absolute Gasteiger partial charge is 0.240 e. The summed E-state index contributed by atoms with van der Waals surface area (Å²) >= 11 is 5.97. The molecule has 1 N–H and O–H groups in total. The molecule has 0 saturated heterocycles. The molecule has 2 rings (SSSR count). The maximum atomic E-state index is 12.4. The molecule has 22 heavy (non-hydrogen) atoms. The van der Waals surface area contributed by atoms with Crippen molar-refractivity contribution >= 4 is 31.5 Å². The van der Waals surface area contributed by atoms with Crippen molar-refractivity contribution in [3.8, 4) is 5.75 Å². The Morgan fingerprint density at radius 1 is 1.27 bits per heavy atom. The van der Waals surface area contributed by atoms with Gasteiger partial charge >= 0.3 is 0 Å². The second-order valence-electron chi connectivity index (χ2n) is 5.53. The van der Waals surface area contributed by atoms with Crippen molar-refractivity contribution < 1.29 is 21.6 Å². The van der Waals surface area contributed by atoms with Gasteiger partial charge in [-0.05, 0) is 37.5 Å². The summed E-state index contributed by atoms with van der Waals surface area (Å²) in [5.74, 6) is 0.382. The monoisotopic (exact) mass is 367 g/mol. The Morgan fingerprint density at radius 2 is 1.86 bits per heavy atom. The van der Waals surface area contributed by atoms with Crippen LogP contribution in [0.4, 0.5) is 0 Å². The summed E-state index contributed by atoms with van der Waals surface area (Å²) < 4.78 is 54.7. The summed E-state index contributed by atoms with van der Waals surface area (Å²) in [7, 11) is -5.70. The van der Waals surface area contributed by atoms with E-state index in [-0.39, 0.29) is 16.5 Å². The topological polar surface area (TPSA) is 89.5 Å². The van der Waals surface area contributed by atoms with Crippen molar-refractivity contribution in [2.75, 3.05) is 19.9 Å². The van der Waals surface area contributed by atoms with Crippen LogP contribution in [-0.2, 0) is 19.9 Å². The van der Waals surface area contributed by atoms with Gasteiger partial charge in [-0.15, -0.1) is 0 Å². The molecule has 0 radical (unpaired) electrons. The van der Waals surface area contributed by atoms with Gasteiger partial charge in [-0.2, -0.15) is 0 Å². The maximum Gasteiger partial charge on any atom is 0.240 e. The minimum atomic E-state index is -3.85. The molecule has 0 aliphatic heterocycles. The quantitative estimate of drug-likeness (QED) is 0.823. The van der Waals surface area contributed by atoms with Gasteiger partial charge in [-0.3, -0.25) is 0 Å². The minimum Gasteiger partial charge on any atom is -0.495 e. The van der Waals surface area contributed by atoms with Crippen molar-refractivity contribution in [2.45, 2.75) is 29.4 Å². The summed E-state index contributed by atoms with van der Waals surface area (Å²) in [6, 6.07) is 2.83. The Labute approximate surface area is 135 Å². The summed E-state index contributed by atoms with van der Waals surface area (Å²) in [6.07, 6.45) is 2.07. The van der Waals surface area contributed by atoms with E-state index >= 15 is 0 Å². The van der Waals surface area contributed by atoms with Crippen molar-refractivity contribution in [1.82, 2.24) is 4.72 Å². The Hall–Kier alpha value is -0.830. The SMILES string of the molecule is COc1cc(C)c(S(=O)(=O)NCC2(S(C)(=O)=O)CC2)cc1Cl. The molecule has 0 amide bonds. The Balaban J connectivity index is 2.27. The van der Waals surface area contributed by atoms with Gasteiger partial charge in [0.25, 0.3) is 0 Å². The number of hydrogen-bond acceptors (Lipinski definition) is 5. The van der Waals surface area contributed by atoms with Gasteiger partial charge in [-0.25, -0.2) is 21.6 Å². The first-order valence-corrected chi connectivity index (χ1v) is 10.3. The van der Waals surface area contributed by atoms with Gasteiger partial charge in [-0.1, -0.05) is 11.6 Å². The molecule has 124 valence electrons. The van der Waals surface area contributed by atoms with Crippen LogP contribution in [0.1, 0.15) is 18.4 Å². The molecule has 1 aliphatic carbocycles. The molecular formula is C13H18ClNO5S2. The molecule has 0 spiro atoms. The summed E-state index contributed by atoms with van der Waals surface area (Å²) in [5.41, 5.74) is 0.470. The molecule has 0 bridgehead atoms. The number of sulfone groups is 1. The van der Waals surface area contributed by atoms with Crippen molar-refractivity contribution in [3.05, 3.63) is 22.7 Å². The van der Waals surface area contributed by atoms with Gasteiger partial charge in [0.1, 0.15) is 5.75 Å². The number of nitrogens with one attached hydrogen (secondary N) is 1. The van der Waals surface area contributed by atoms with E-state index in [0.29, 0.717) is 24.2 Å².